The predicted octanol–water partition coefficient (Wildman–Crippen LogP) is 5.52. The summed E-state index contributed by atoms with van der Waals surface area (Å²) < 4.78 is 0. The summed E-state index contributed by atoms with van der Waals surface area (Å²) in [6, 6.07) is 45.2. The normalized spacial score (nSPS) is 12.6. The highest BCUT2D eigenvalue weighted by Gasteiger charge is 2.35. The molecule has 5 aromatic carbocycles. The highest BCUT2D eigenvalue weighted by Crippen LogP contribution is 2.37. The number of hydrogen-bond donors (Lipinski definition) is 5. The van der Waals surface area contributed by atoms with Gasteiger partial charge in [-0.3, -0.25) is 14.9 Å². The Hall–Kier alpha value is -5.08. The zero-order chi connectivity index (χ0) is 34.5. The number of aliphatic hydroxyl groups is 1. The number of amides is 2. The lowest BCUT2D eigenvalue weighted by Gasteiger charge is -2.37. The smallest absolute Gasteiger partial charge is 0.279 e. The molecule has 7 N–H and O–H groups in total. The highest BCUT2D eigenvalue weighted by atomic mass is 16.3. The zero-order valence-corrected chi connectivity index (χ0v) is 28.1. The number of nitrogens with one attached hydrogen (secondary N) is 3. The van der Waals surface area contributed by atoms with Crippen LogP contribution >= 0.6 is 0 Å². The molecule has 2 atom stereocenters. The van der Waals surface area contributed by atoms with Crippen molar-refractivity contribution < 1.29 is 20.4 Å². The van der Waals surface area contributed by atoms with Gasteiger partial charge in [-0.05, 0) is 72.7 Å². The number of quaternary nitrogens is 1. The molecule has 7 nitrogen and oxygen atoms in total. The van der Waals surface area contributed by atoms with Crippen molar-refractivity contribution in [2.24, 2.45) is 0 Å². The summed E-state index contributed by atoms with van der Waals surface area (Å²) in [6.07, 6.45) is 2.41. The quantitative estimate of drug-likeness (QED) is 0.0711. The number of hydrogen-bond acceptors (Lipinski definition) is 4. The van der Waals surface area contributed by atoms with E-state index in [4.69, 9.17) is 0 Å². The summed E-state index contributed by atoms with van der Waals surface area (Å²) in [4.78, 5) is 26.9. The van der Waals surface area contributed by atoms with Crippen LogP contribution in [-0.4, -0.2) is 35.5 Å². The van der Waals surface area contributed by atoms with Crippen LogP contribution in [0.1, 0.15) is 52.6 Å². The maximum atomic E-state index is 13.6. The van der Waals surface area contributed by atoms with Crippen LogP contribution in [0.25, 0.3) is 0 Å². The van der Waals surface area contributed by atoms with Crippen LogP contribution in [0.3, 0.4) is 0 Å². The Morgan fingerprint density at radius 3 is 1.80 bits per heavy atom. The van der Waals surface area contributed by atoms with E-state index >= 15 is 0 Å². The van der Waals surface area contributed by atoms with E-state index in [1.165, 1.54) is 5.56 Å². The average Bonchev–Trinajstić information content (AvgIpc) is 3.14. The molecule has 0 aromatic heterocycles. The van der Waals surface area contributed by atoms with E-state index in [2.05, 4.69) is 101 Å². The molecule has 252 valence electrons. The van der Waals surface area contributed by atoms with Crippen LogP contribution in [0.2, 0.25) is 0 Å². The second-order valence-corrected chi connectivity index (χ2v) is 12.6. The fourth-order valence-corrected chi connectivity index (χ4v) is 6.21. The van der Waals surface area contributed by atoms with Gasteiger partial charge in [0, 0.05) is 12.1 Å². The van der Waals surface area contributed by atoms with Gasteiger partial charge in [0.1, 0.15) is 6.04 Å². The first-order chi connectivity index (χ1) is 23.9. The van der Waals surface area contributed by atoms with Crippen molar-refractivity contribution in [1.29, 1.82) is 0 Å². The Morgan fingerprint density at radius 2 is 1.22 bits per heavy atom. The van der Waals surface area contributed by atoms with Gasteiger partial charge in [0.2, 0.25) is 5.91 Å². The molecular weight excluding hydrogens is 608 g/mol. The molecule has 0 spiro atoms. The molecule has 2 unspecified atom stereocenters. The SMILES string of the molecule is Cc1ccc(C(NCCCCC(NC(=O)C([NH3+])Cc2ccccc2)C(=O)Nc2ccc(CO)cc2)(c2ccccc2)c2ccccc2)cc1. The predicted molar refractivity (Wildman–Crippen MR) is 196 cm³/mol. The lowest BCUT2D eigenvalue weighted by atomic mass is 9.76. The topological polar surface area (TPSA) is 118 Å². The van der Waals surface area contributed by atoms with Gasteiger partial charge in [-0.25, -0.2) is 0 Å². The summed E-state index contributed by atoms with van der Waals surface area (Å²) in [6.45, 7) is 2.69. The van der Waals surface area contributed by atoms with Gasteiger partial charge in [-0.2, -0.15) is 0 Å². The molecule has 0 aliphatic carbocycles. The Morgan fingerprint density at radius 1 is 0.673 bits per heavy atom. The molecule has 2 amide bonds. The van der Waals surface area contributed by atoms with Crippen molar-refractivity contribution in [3.8, 4) is 0 Å². The number of carbonyl (C=O) groups is 2. The summed E-state index contributed by atoms with van der Waals surface area (Å²) in [7, 11) is 0. The molecule has 0 radical (unpaired) electrons. The number of unbranched alkanes of at least 4 members (excludes halogenated alkanes) is 1. The van der Waals surface area contributed by atoms with Gasteiger partial charge in [0.15, 0.2) is 6.04 Å². The molecule has 0 saturated carbocycles. The fourth-order valence-electron chi connectivity index (χ4n) is 6.21. The second kappa shape index (κ2) is 17.4. The van der Waals surface area contributed by atoms with E-state index in [-0.39, 0.29) is 18.4 Å². The van der Waals surface area contributed by atoms with Gasteiger partial charge in [0.05, 0.1) is 12.1 Å². The average molecular weight is 656 g/mol. The number of benzene rings is 5. The van der Waals surface area contributed by atoms with Gasteiger partial charge in [-0.1, -0.05) is 133 Å². The zero-order valence-electron chi connectivity index (χ0n) is 28.1. The Labute approximate surface area is 289 Å². The Kier molecular flexibility index (Phi) is 12.5. The molecule has 7 heteroatoms. The highest BCUT2D eigenvalue weighted by molar-refractivity contribution is 5.97. The van der Waals surface area contributed by atoms with Crippen molar-refractivity contribution >= 4 is 17.5 Å². The first kappa shape index (κ1) is 35.2. The molecule has 49 heavy (non-hydrogen) atoms. The lowest BCUT2D eigenvalue weighted by Crippen LogP contribution is -2.69. The monoisotopic (exact) mass is 655 g/mol. The van der Waals surface area contributed by atoms with Crippen LogP contribution in [0.5, 0.6) is 0 Å². The van der Waals surface area contributed by atoms with Gasteiger partial charge in [-0.15, -0.1) is 0 Å². The molecule has 0 saturated heterocycles. The molecular formula is C42H47N4O3+. The van der Waals surface area contributed by atoms with Gasteiger partial charge in [0.25, 0.3) is 5.91 Å². The first-order valence-corrected chi connectivity index (χ1v) is 17.0. The third kappa shape index (κ3) is 9.30. The number of rotatable bonds is 16. The second-order valence-electron chi connectivity index (χ2n) is 12.6. The van der Waals surface area contributed by atoms with E-state index in [0.717, 1.165) is 34.2 Å². The Bertz CT molecular complexity index is 1710. The number of carbonyl (C=O) groups excluding carboxylic acids is 2. The van der Waals surface area contributed by atoms with Gasteiger partial charge < -0.3 is 21.5 Å². The minimum atomic E-state index is -0.741. The van der Waals surface area contributed by atoms with Crippen LogP contribution < -0.4 is 21.7 Å². The van der Waals surface area contributed by atoms with Crippen molar-refractivity contribution in [2.45, 2.75) is 56.8 Å². The molecule has 0 fully saturated rings. The summed E-state index contributed by atoms with van der Waals surface area (Å²) in [5, 5.41) is 19.3. The van der Waals surface area contributed by atoms with E-state index in [0.29, 0.717) is 31.5 Å². The maximum Gasteiger partial charge on any atom is 0.279 e. The number of aryl methyl sites for hydroxylation is 1. The maximum absolute atomic E-state index is 13.6. The summed E-state index contributed by atoms with van der Waals surface area (Å²) in [5.41, 5.74) is 10.5. The van der Waals surface area contributed by atoms with Crippen molar-refractivity contribution in [3.63, 3.8) is 0 Å². The molecule has 0 heterocycles. The molecule has 0 aliphatic rings. The van der Waals surface area contributed by atoms with E-state index in [1.807, 2.05) is 42.5 Å². The fraction of sp³-hybridized carbons (Fsp3) is 0.238. The van der Waals surface area contributed by atoms with Crippen molar-refractivity contribution in [3.05, 3.63) is 173 Å². The van der Waals surface area contributed by atoms with Crippen molar-refractivity contribution in [1.82, 2.24) is 10.6 Å². The van der Waals surface area contributed by atoms with Crippen LogP contribution in [0.15, 0.2) is 140 Å². The van der Waals surface area contributed by atoms with Crippen LogP contribution in [0.4, 0.5) is 5.69 Å². The molecule has 0 aliphatic heterocycles. The van der Waals surface area contributed by atoms with Crippen molar-refractivity contribution in [2.75, 3.05) is 11.9 Å². The minimum Gasteiger partial charge on any atom is -0.392 e. The number of aliphatic hydroxyl groups excluding tert-OH is 1. The van der Waals surface area contributed by atoms with Crippen LogP contribution in [-0.2, 0) is 28.2 Å². The van der Waals surface area contributed by atoms with E-state index < -0.39 is 17.6 Å². The third-order valence-corrected chi connectivity index (χ3v) is 8.94. The molecule has 0 bridgehead atoms. The summed E-state index contributed by atoms with van der Waals surface area (Å²) in [5.74, 6) is -0.545. The molecule has 5 rings (SSSR count). The standard InChI is InChI=1S/C42H46N4O3/c1-31-20-24-36(25-21-31)42(34-15-7-3-8-16-34,35-17-9-4-10-18-35)44-28-12-11-19-39(41(49)45-37-26-22-33(30-47)23-27-37)46-40(48)38(43)29-32-13-5-2-6-14-32/h2-10,13-18,20-27,38-39,44,47H,11-12,19,28-30,43H2,1H3,(H,45,49)(H,46,48)/p+1. The van der Waals surface area contributed by atoms with E-state index in [9.17, 15) is 14.7 Å². The Balaban J connectivity index is 1.31. The summed E-state index contributed by atoms with van der Waals surface area (Å²) >= 11 is 0. The third-order valence-electron chi connectivity index (χ3n) is 8.94. The van der Waals surface area contributed by atoms with Crippen LogP contribution in [0, 0.1) is 6.92 Å². The van der Waals surface area contributed by atoms with Gasteiger partial charge >= 0.3 is 0 Å². The lowest BCUT2D eigenvalue weighted by molar-refractivity contribution is -0.403. The minimum absolute atomic E-state index is 0.0764. The first-order valence-electron chi connectivity index (χ1n) is 17.0. The van der Waals surface area contributed by atoms with E-state index in [1.54, 1.807) is 24.3 Å². The molecule has 5 aromatic rings. The number of anilines is 1. The largest absolute Gasteiger partial charge is 0.392 e.